The number of hydrogen-bond donors (Lipinski definition) is 0. The van der Waals surface area contributed by atoms with Crippen molar-refractivity contribution in [2.24, 2.45) is 0 Å². The van der Waals surface area contributed by atoms with Crippen LogP contribution in [0.15, 0.2) is 0 Å². The van der Waals surface area contributed by atoms with E-state index in [1.165, 1.54) is 180 Å². The molecule has 0 N–H and O–H groups in total. The zero-order chi connectivity index (χ0) is 41.2. The maximum Gasteiger partial charge on any atom is 0.306 e. The Hall–Kier alpha value is -0.770. The van der Waals surface area contributed by atoms with E-state index < -0.39 is 14.6 Å². The molecule has 0 aliphatic heterocycles. The Balaban J connectivity index is 4.47. The van der Waals surface area contributed by atoms with E-state index in [1.54, 1.807) is 0 Å². The minimum atomic E-state index is -1.41. The molecule has 56 heavy (non-hydrogen) atoms. The van der Waals surface area contributed by atoms with Gasteiger partial charge in [0.25, 0.3) is 8.53 Å². The molecule has 0 rings (SSSR count). The second-order valence-corrected chi connectivity index (χ2v) is 18.5. The van der Waals surface area contributed by atoms with E-state index in [4.69, 9.17) is 23.8 Å². The van der Waals surface area contributed by atoms with Crippen LogP contribution in [0.3, 0.4) is 0 Å². The quantitative estimate of drug-likeness (QED) is 0.0344. The van der Waals surface area contributed by atoms with Crippen molar-refractivity contribution in [3.05, 3.63) is 0 Å². The van der Waals surface area contributed by atoms with Crippen LogP contribution in [-0.4, -0.2) is 55.3 Å². The van der Waals surface area contributed by atoms with Crippen molar-refractivity contribution >= 4 is 14.5 Å². The van der Waals surface area contributed by atoms with Gasteiger partial charge in [0.15, 0.2) is 0 Å². The number of rotatable bonds is 45. The molecule has 0 fully saturated rings. The SMILES string of the molecule is CCCCCCCCCCCCCCCCCCOC[C@H](COP(OCCC#N)N(C(C)C)C(C)C)OC(=O)CCCCCCCCCCCCCCCCC. The summed E-state index contributed by atoms with van der Waals surface area (Å²) in [6.45, 7) is 14.6. The Morgan fingerprint density at radius 2 is 0.893 bits per heavy atom. The van der Waals surface area contributed by atoms with Crippen LogP contribution in [0.1, 0.15) is 253 Å². The number of nitriles is 1. The Labute approximate surface area is 350 Å². The van der Waals surface area contributed by atoms with E-state index in [2.05, 4.69) is 52.3 Å². The van der Waals surface area contributed by atoms with Crippen LogP contribution in [0.5, 0.6) is 0 Å². The highest BCUT2D eigenvalue weighted by molar-refractivity contribution is 7.44. The minimum Gasteiger partial charge on any atom is -0.457 e. The summed E-state index contributed by atoms with van der Waals surface area (Å²) < 4.78 is 26.7. The van der Waals surface area contributed by atoms with Crippen LogP contribution in [-0.2, 0) is 23.3 Å². The third kappa shape index (κ3) is 37.5. The summed E-state index contributed by atoms with van der Waals surface area (Å²) in [5.41, 5.74) is 0. The number of carbonyl (C=O) groups excluding carboxylic acids is 1. The van der Waals surface area contributed by atoms with Gasteiger partial charge in [-0.1, -0.05) is 200 Å². The average Bonchev–Trinajstić information content (AvgIpc) is 3.17. The van der Waals surface area contributed by atoms with E-state index in [9.17, 15) is 4.79 Å². The minimum absolute atomic E-state index is 0.168. The van der Waals surface area contributed by atoms with E-state index >= 15 is 0 Å². The van der Waals surface area contributed by atoms with Gasteiger partial charge < -0.3 is 18.5 Å². The lowest BCUT2D eigenvalue weighted by Crippen LogP contribution is -2.35. The molecule has 0 radical (unpaired) electrons. The molecular formula is C48H95N2O5P. The van der Waals surface area contributed by atoms with Crippen LogP contribution in [0, 0.1) is 11.3 Å². The van der Waals surface area contributed by atoms with E-state index in [0.29, 0.717) is 32.7 Å². The second kappa shape index (κ2) is 43.8. The zero-order valence-electron chi connectivity index (χ0n) is 38.3. The van der Waals surface area contributed by atoms with Crippen molar-refractivity contribution in [3.63, 3.8) is 0 Å². The van der Waals surface area contributed by atoms with Crippen molar-refractivity contribution in [1.82, 2.24) is 4.67 Å². The van der Waals surface area contributed by atoms with Crippen LogP contribution >= 0.6 is 8.53 Å². The van der Waals surface area contributed by atoms with Gasteiger partial charge in [-0.3, -0.25) is 4.79 Å². The lowest BCUT2D eigenvalue weighted by Gasteiger charge is -2.36. The lowest BCUT2D eigenvalue weighted by atomic mass is 10.0. The average molecular weight is 811 g/mol. The van der Waals surface area contributed by atoms with Crippen molar-refractivity contribution in [2.45, 2.75) is 272 Å². The summed E-state index contributed by atoms with van der Waals surface area (Å²) >= 11 is 0. The molecule has 0 aromatic rings. The van der Waals surface area contributed by atoms with Gasteiger partial charge in [0.2, 0.25) is 0 Å². The van der Waals surface area contributed by atoms with Gasteiger partial charge in [-0.05, 0) is 40.5 Å². The van der Waals surface area contributed by atoms with Crippen molar-refractivity contribution < 1.29 is 23.3 Å². The van der Waals surface area contributed by atoms with Gasteiger partial charge in [0.05, 0.1) is 32.3 Å². The van der Waals surface area contributed by atoms with Gasteiger partial charge >= 0.3 is 5.97 Å². The highest BCUT2D eigenvalue weighted by Crippen LogP contribution is 2.46. The molecule has 0 bridgehead atoms. The number of nitrogens with zero attached hydrogens (tertiary/aromatic N) is 2. The van der Waals surface area contributed by atoms with Crippen molar-refractivity contribution in [3.8, 4) is 6.07 Å². The fraction of sp³-hybridized carbons (Fsp3) is 0.958. The molecule has 0 saturated heterocycles. The predicted molar refractivity (Wildman–Crippen MR) is 241 cm³/mol. The normalized spacial score (nSPS) is 12.9. The Bertz CT molecular complexity index is 846. The molecule has 0 aliphatic carbocycles. The van der Waals surface area contributed by atoms with Crippen LogP contribution in [0.2, 0.25) is 0 Å². The molecule has 0 aromatic heterocycles. The Kier molecular flexibility index (Phi) is 43.2. The molecule has 0 heterocycles. The standard InChI is InChI=1S/C48H95N2O5P/c1-7-9-11-13-15-17-19-21-23-25-27-29-31-33-35-37-41-52-43-47(44-54-56(53-42-38-40-49)50(45(3)4)46(5)6)55-48(51)39-36-34-32-30-28-26-24-22-20-18-16-14-12-10-8-2/h45-47H,7-39,41-44H2,1-6H3/t47-,56?/m1/s1. The van der Waals surface area contributed by atoms with Gasteiger partial charge in [-0.15, -0.1) is 0 Å². The maximum atomic E-state index is 13.0. The second-order valence-electron chi connectivity index (χ2n) is 17.0. The topological polar surface area (TPSA) is 81.0 Å². The molecule has 0 amide bonds. The van der Waals surface area contributed by atoms with Gasteiger partial charge in [0.1, 0.15) is 6.10 Å². The summed E-state index contributed by atoms with van der Waals surface area (Å²) in [7, 11) is -1.41. The number of esters is 1. The third-order valence-corrected chi connectivity index (χ3v) is 12.8. The summed E-state index contributed by atoms with van der Waals surface area (Å²) in [5.74, 6) is -0.168. The summed E-state index contributed by atoms with van der Waals surface area (Å²) in [6, 6.07) is 2.58. The maximum absolute atomic E-state index is 13.0. The summed E-state index contributed by atoms with van der Waals surface area (Å²) in [6.07, 6.45) is 41.3. The molecular weight excluding hydrogens is 716 g/mol. The zero-order valence-corrected chi connectivity index (χ0v) is 39.2. The van der Waals surface area contributed by atoms with Crippen LogP contribution < -0.4 is 0 Å². The molecule has 0 aliphatic rings. The first-order valence-corrected chi connectivity index (χ1v) is 25.5. The summed E-state index contributed by atoms with van der Waals surface area (Å²) in [5, 5.41) is 9.09. The number of hydrogen-bond acceptors (Lipinski definition) is 7. The smallest absolute Gasteiger partial charge is 0.306 e. The highest BCUT2D eigenvalue weighted by Gasteiger charge is 2.29. The van der Waals surface area contributed by atoms with Crippen molar-refractivity contribution in [1.29, 1.82) is 5.26 Å². The molecule has 0 saturated carbocycles. The fourth-order valence-electron chi connectivity index (χ4n) is 7.43. The first-order chi connectivity index (χ1) is 27.4. The Morgan fingerprint density at radius 3 is 1.27 bits per heavy atom. The number of unbranched alkanes of at least 4 members (excludes halogenated alkanes) is 29. The van der Waals surface area contributed by atoms with Gasteiger partial charge in [-0.25, -0.2) is 4.67 Å². The first kappa shape index (κ1) is 55.2. The molecule has 1 unspecified atom stereocenters. The van der Waals surface area contributed by atoms with E-state index in [0.717, 1.165) is 19.3 Å². The predicted octanol–water partition coefficient (Wildman–Crippen LogP) is 15.7. The molecule has 2 atom stereocenters. The molecule has 8 heteroatoms. The lowest BCUT2D eigenvalue weighted by molar-refractivity contribution is -0.154. The van der Waals surface area contributed by atoms with Gasteiger partial charge in [-0.2, -0.15) is 5.26 Å². The monoisotopic (exact) mass is 811 g/mol. The summed E-state index contributed by atoms with van der Waals surface area (Å²) in [4.78, 5) is 13.0. The molecule has 332 valence electrons. The van der Waals surface area contributed by atoms with Crippen molar-refractivity contribution in [2.75, 3.05) is 26.4 Å². The molecule has 0 spiro atoms. The van der Waals surface area contributed by atoms with Crippen LogP contribution in [0.25, 0.3) is 0 Å². The first-order valence-electron chi connectivity index (χ1n) is 24.4. The third-order valence-electron chi connectivity index (χ3n) is 10.8. The fourth-order valence-corrected chi connectivity index (χ4v) is 9.07. The Morgan fingerprint density at radius 1 is 0.518 bits per heavy atom. The largest absolute Gasteiger partial charge is 0.457 e. The number of carbonyl (C=O) groups is 1. The molecule has 0 aromatic carbocycles. The number of ether oxygens (including phenoxy) is 2. The highest BCUT2D eigenvalue weighted by atomic mass is 31.2. The van der Waals surface area contributed by atoms with E-state index in [1.807, 2.05) is 0 Å². The molecule has 7 nitrogen and oxygen atoms in total. The van der Waals surface area contributed by atoms with Gasteiger partial charge in [0, 0.05) is 25.1 Å². The van der Waals surface area contributed by atoms with E-state index in [-0.39, 0.29) is 24.7 Å². The van der Waals surface area contributed by atoms with Crippen LogP contribution in [0.4, 0.5) is 0 Å².